The van der Waals surface area contributed by atoms with E-state index in [0.29, 0.717) is 12.0 Å². The van der Waals surface area contributed by atoms with Gasteiger partial charge in [-0.05, 0) is 63.6 Å². The quantitative estimate of drug-likeness (QED) is 0.477. The Balaban J connectivity index is 1.77. The van der Waals surface area contributed by atoms with Crippen LogP contribution in [0.25, 0.3) is 0 Å². The molecule has 23 heavy (non-hydrogen) atoms. The Morgan fingerprint density at radius 2 is 2.13 bits per heavy atom. The predicted molar refractivity (Wildman–Crippen MR) is 104 cm³/mol. The maximum atomic E-state index is 13.0. The third-order valence-corrected chi connectivity index (χ3v) is 5.93. The molecule has 5 heteroatoms. The summed E-state index contributed by atoms with van der Waals surface area (Å²) in [5.41, 5.74) is 1.28. The molecule has 2 rings (SSSR count). The van der Waals surface area contributed by atoms with Crippen molar-refractivity contribution in [3.8, 4) is 0 Å². The molecular formula is C18H29FIN3. The van der Waals surface area contributed by atoms with E-state index in [1.807, 2.05) is 19.2 Å². The van der Waals surface area contributed by atoms with E-state index in [2.05, 4.69) is 44.8 Å². The van der Waals surface area contributed by atoms with Gasteiger partial charge < -0.3 is 15.1 Å². The summed E-state index contributed by atoms with van der Waals surface area (Å²) in [6, 6.07) is 7.71. The van der Waals surface area contributed by atoms with Crippen LogP contribution in [-0.4, -0.2) is 67.1 Å². The van der Waals surface area contributed by atoms with Crippen LogP contribution in [0, 0.1) is 5.82 Å². The average Bonchev–Trinajstić information content (AvgIpc) is 3.03. The van der Waals surface area contributed by atoms with Crippen molar-refractivity contribution in [2.75, 3.05) is 51.2 Å². The van der Waals surface area contributed by atoms with Crippen molar-refractivity contribution in [1.82, 2.24) is 15.1 Å². The third-order valence-electron chi connectivity index (χ3n) is 4.91. The smallest absolute Gasteiger partial charge is 0.123 e. The Labute approximate surface area is 153 Å². The maximum Gasteiger partial charge on any atom is 0.123 e. The van der Waals surface area contributed by atoms with Crippen LogP contribution < -0.4 is 5.32 Å². The lowest BCUT2D eigenvalue weighted by molar-refractivity contribution is 0.223. The summed E-state index contributed by atoms with van der Waals surface area (Å²) >= 11 is 2.50. The number of rotatable bonds is 9. The molecule has 0 aliphatic carbocycles. The van der Waals surface area contributed by atoms with Crippen LogP contribution in [0.2, 0.25) is 0 Å². The third kappa shape index (κ3) is 5.96. The molecule has 0 unspecified atom stereocenters. The number of likely N-dealkylation sites (N-methyl/N-ethyl adjacent to an activating group) is 2. The van der Waals surface area contributed by atoms with Gasteiger partial charge in [0.05, 0.1) is 0 Å². The number of alkyl halides is 1. The highest BCUT2D eigenvalue weighted by Crippen LogP contribution is 2.27. The molecule has 1 fully saturated rings. The van der Waals surface area contributed by atoms with Crippen LogP contribution >= 0.6 is 22.6 Å². The van der Waals surface area contributed by atoms with Crippen LogP contribution in [0.5, 0.6) is 0 Å². The van der Waals surface area contributed by atoms with Gasteiger partial charge in [-0.15, -0.1) is 0 Å². The fourth-order valence-electron chi connectivity index (χ4n) is 3.26. The fourth-order valence-corrected chi connectivity index (χ4v) is 4.37. The van der Waals surface area contributed by atoms with E-state index in [1.165, 1.54) is 22.8 Å². The summed E-state index contributed by atoms with van der Waals surface area (Å²) < 4.78 is 14.2. The number of benzene rings is 1. The largest absolute Gasteiger partial charge is 0.318 e. The van der Waals surface area contributed by atoms with Crippen molar-refractivity contribution in [3.05, 3.63) is 35.6 Å². The van der Waals surface area contributed by atoms with Crippen LogP contribution in [0.1, 0.15) is 24.3 Å². The molecular weight excluding hydrogens is 404 g/mol. The van der Waals surface area contributed by atoms with Crippen molar-refractivity contribution >= 4 is 22.6 Å². The fraction of sp³-hybridized carbons (Fsp3) is 0.667. The van der Waals surface area contributed by atoms with Gasteiger partial charge in [-0.1, -0.05) is 34.7 Å². The zero-order valence-electron chi connectivity index (χ0n) is 14.3. The molecule has 0 spiro atoms. The zero-order valence-corrected chi connectivity index (χ0v) is 16.4. The number of nitrogens with one attached hydrogen (secondary N) is 1. The van der Waals surface area contributed by atoms with Crippen molar-refractivity contribution in [2.24, 2.45) is 0 Å². The van der Waals surface area contributed by atoms with E-state index in [0.717, 1.165) is 32.7 Å². The standard InChI is InChI=1S/C18H29FIN3/c1-21-9-12-22(2)18(13-20)8-11-23-10-7-16(14-23)15-3-5-17(19)6-4-15/h3-6,16,18,21H,7-14H2,1-2H3/t16-,18+/m0/s1. The van der Waals surface area contributed by atoms with Gasteiger partial charge in [0.2, 0.25) is 0 Å². The molecule has 0 aromatic heterocycles. The summed E-state index contributed by atoms with van der Waals surface area (Å²) in [6.45, 7) is 5.58. The molecule has 130 valence electrons. The summed E-state index contributed by atoms with van der Waals surface area (Å²) in [4.78, 5) is 5.04. The van der Waals surface area contributed by atoms with E-state index in [9.17, 15) is 4.39 Å². The lowest BCUT2D eigenvalue weighted by Gasteiger charge is -2.28. The maximum absolute atomic E-state index is 13.0. The van der Waals surface area contributed by atoms with Crippen LogP contribution in [0.3, 0.4) is 0 Å². The van der Waals surface area contributed by atoms with Crippen molar-refractivity contribution in [3.63, 3.8) is 0 Å². The molecule has 1 aliphatic rings. The molecule has 1 aromatic rings. The molecule has 2 atom stereocenters. The van der Waals surface area contributed by atoms with Crippen LogP contribution in [0.4, 0.5) is 4.39 Å². The lowest BCUT2D eigenvalue weighted by atomic mass is 9.99. The molecule has 1 heterocycles. The second-order valence-corrected chi connectivity index (χ2v) is 7.40. The van der Waals surface area contributed by atoms with Gasteiger partial charge in [-0.25, -0.2) is 4.39 Å². The molecule has 1 aliphatic heterocycles. The Morgan fingerprint density at radius 1 is 1.39 bits per heavy atom. The number of nitrogens with zero attached hydrogens (tertiary/aromatic N) is 2. The second kappa shape index (κ2) is 9.91. The minimum absolute atomic E-state index is 0.141. The minimum Gasteiger partial charge on any atom is -0.318 e. The molecule has 1 aromatic carbocycles. The molecule has 1 N–H and O–H groups in total. The first-order valence-electron chi connectivity index (χ1n) is 8.52. The predicted octanol–water partition coefficient (Wildman–Crippen LogP) is 2.96. The zero-order chi connectivity index (χ0) is 16.7. The second-order valence-electron chi connectivity index (χ2n) is 6.52. The molecule has 0 amide bonds. The number of halogens is 2. The highest BCUT2D eigenvalue weighted by atomic mass is 127. The molecule has 0 saturated carbocycles. The van der Waals surface area contributed by atoms with E-state index in [1.54, 1.807) is 12.1 Å². The minimum atomic E-state index is -0.141. The molecule has 1 saturated heterocycles. The van der Waals surface area contributed by atoms with E-state index in [4.69, 9.17) is 0 Å². The Hall–Kier alpha value is -0.240. The summed E-state index contributed by atoms with van der Waals surface area (Å²) in [5, 5.41) is 3.22. The Morgan fingerprint density at radius 3 is 2.78 bits per heavy atom. The van der Waals surface area contributed by atoms with Gasteiger partial charge >= 0.3 is 0 Å². The molecule has 0 bridgehead atoms. The summed E-state index contributed by atoms with van der Waals surface area (Å²) in [5.74, 6) is 0.425. The van der Waals surface area contributed by atoms with E-state index >= 15 is 0 Å². The van der Waals surface area contributed by atoms with Gasteiger partial charge in [0.1, 0.15) is 5.82 Å². The van der Waals surface area contributed by atoms with Crippen LogP contribution in [0.15, 0.2) is 24.3 Å². The Bertz CT molecular complexity index is 454. The normalized spacial score (nSPS) is 20.3. The van der Waals surface area contributed by atoms with E-state index < -0.39 is 0 Å². The van der Waals surface area contributed by atoms with Gasteiger partial charge in [-0.2, -0.15) is 0 Å². The van der Waals surface area contributed by atoms with Gasteiger partial charge in [-0.3, -0.25) is 0 Å². The number of hydrogen-bond donors (Lipinski definition) is 1. The SMILES string of the molecule is CNCCN(C)[C@@H](CI)CCN1CC[C@H](c2ccc(F)cc2)C1. The van der Waals surface area contributed by atoms with Crippen molar-refractivity contribution in [1.29, 1.82) is 0 Å². The monoisotopic (exact) mass is 433 g/mol. The van der Waals surface area contributed by atoms with Crippen molar-refractivity contribution < 1.29 is 4.39 Å². The van der Waals surface area contributed by atoms with Crippen molar-refractivity contribution in [2.45, 2.75) is 24.8 Å². The first-order valence-corrected chi connectivity index (χ1v) is 10.0. The lowest BCUT2D eigenvalue weighted by Crippen LogP contribution is -2.39. The summed E-state index contributed by atoms with van der Waals surface area (Å²) in [6.07, 6.45) is 2.41. The highest BCUT2D eigenvalue weighted by Gasteiger charge is 2.24. The average molecular weight is 433 g/mol. The van der Waals surface area contributed by atoms with Gasteiger partial charge in [0.15, 0.2) is 0 Å². The first kappa shape index (κ1) is 19.1. The molecule has 3 nitrogen and oxygen atoms in total. The van der Waals surface area contributed by atoms with Gasteiger partial charge in [0, 0.05) is 30.1 Å². The van der Waals surface area contributed by atoms with Gasteiger partial charge in [0.25, 0.3) is 0 Å². The van der Waals surface area contributed by atoms with Crippen LogP contribution in [-0.2, 0) is 0 Å². The topological polar surface area (TPSA) is 18.5 Å². The highest BCUT2D eigenvalue weighted by molar-refractivity contribution is 14.1. The van der Waals surface area contributed by atoms with E-state index in [-0.39, 0.29) is 5.82 Å². The number of likely N-dealkylation sites (tertiary alicyclic amines) is 1. The Kier molecular flexibility index (Phi) is 8.23. The first-order chi connectivity index (χ1) is 11.1. The molecule has 0 radical (unpaired) electrons. The number of hydrogen-bond acceptors (Lipinski definition) is 3. The summed E-state index contributed by atoms with van der Waals surface area (Å²) in [7, 11) is 4.23.